The molecule has 0 bridgehead atoms. The summed E-state index contributed by atoms with van der Waals surface area (Å²) in [6, 6.07) is 14.6. The Morgan fingerprint density at radius 1 is 1.04 bits per heavy atom. The molecule has 0 aliphatic heterocycles. The van der Waals surface area contributed by atoms with E-state index in [0.717, 1.165) is 17.0 Å². The lowest BCUT2D eigenvalue weighted by molar-refractivity contribution is 0.312. The Kier molecular flexibility index (Phi) is 4.14. The second-order valence-electron chi connectivity index (χ2n) is 4.81. The number of aromatic hydroxyl groups is 1. The highest BCUT2D eigenvalue weighted by Crippen LogP contribution is 2.26. The first kappa shape index (κ1) is 14.9. The van der Waals surface area contributed by atoms with E-state index in [1.165, 1.54) is 0 Å². The van der Waals surface area contributed by atoms with E-state index in [-0.39, 0.29) is 5.75 Å². The molecule has 118 valence electrons. The van der Waals surface area contributed by atoms with Crippen LogP contribution >= 0.6 is 0 Å². The van der Waals surface area contributed by atoms with Crippen LogP contribution in [0.15, 0.2) is 48.5 Å². The minimum Gasteiger partial charge on any atom is -0.508 e. The molecule has 23 heavy (non-hydrogen) atoms. The lowest BCUT2D eigenvalue weighted by Gasteiger charge is -2.07. The maximum atomic E-state index is 9.46. The molecule has 3 aromatic rings. The van der Waals surface area contributed by atoms with E-state index in [9.17, 15) is 5.11 Å². The molecule has 2 aromatic carbocycles. The molecule has 0 aliphatic rings. The minimum atomic E-state index is 0.203. The molecule has 0 saturated carbocycles. The van der Waals surface area contributed by atoms with Gasteiger partial charge in [-0.25, -0.2) is 4.68 Å². The van der Waals surface area contributed by atoms with E-state index in [1.54, 1.807) is 36.1 Å². The van der Waals surface area contributed by atoms with Gasteiger partial charge in [0.1, 0.15) is 11.5 Å². The van der Waals surface area contributed by atoms with E-state index in [0.29, 0.717) is 18.4 Å². The van der Waals surface area contributed by atoms with E-state index in [2.05, 4.69) is 10.1 Å². The fourth-order valence-electron chi connectivity index (χ4n) is 2.18. The van der Waals surface area contributed by atoms with Gasteiger partial charge in [0, 0.05) is 5.56 Å². The Labute approximate surface area is 133 Å². The fraction of sp³-hybridized carbons (Fsp3) is 0.176. The van der Waals surface area contributed by atoms with Crippen molar-refractivity contribution in [1.29, 1.82) is 0 Å². The summed E-state index contributed by atoms with van der Waals surface area (Å²) >= 11 is 0. The van der Waals surface area contributed by atoms with Gasteiger partial charge in [-0.05, 0) is 55.5 Å². The predicted octanol–water partition coefficient (Wildman–Crippen LogP) is 3.05. The summed E-state index contributed by atoms with van der Waals surface area (Å²) in [4.78, 5) is 4.44. The molecule has 0 unspecified atom stereocenters. The molecule has 0 amide bonds. The molecule has 0 aliphatic carbocycles. The average molecular weight is 311 g/mol. The van der Waals surface area contributed by atoms with Crippen LogP contribution in [-0.2, 0) is 0 Å². The first-order valence-corrected chi connectivity index (χ1v) is 7.25. The number of aromatic nitrogens is 3. The average Bonchev–Trinajstić information content (AvgIpc) is 3.00. The maximum absolute atomic E-state index is 9.46. The molecule has 1 N–H and O–H groups in total. The molecule has 0 spiro atoms. The van der Waals surface area contributed by atoms with Gasteiger partial charge >= 0.3 is 6.01 Å². The number of ether oxygens (including phenoxy) is 2. The standard InChI is InChI=1S/C17H17N3O3/c1-3-23-17-18-16(12-4-8-14(21)9-5-12)20(19-17)13-6-10-15(22-2)11-7-13/h4-11,21H,3H2,1-2H3. The molecular formula is C17H17N3O3. The molecule has 0 radical (unpaired) electrons. The van der Waals surface area contributed by atoms with Crippen molar-refractivity contribution in [2.75, 3.05) is 13.7 Å². The van der Waals surface area contributed by atoms with Crippen molar-refractivity contribution in [3.05, 3.63) is 48.5 Å². The third kappa shape index (κ3) is 3.11. The Morgan fingerprint density at radius 3 is 2.35 bits per heavy atom. The van der Waals surface area contributed by atoms with Crippen molar-refractivity contribution < 1.29 is 14.6 Å². The van der Waals surface area contributed by atoms with Crippen LogP contribution in [-0.4, -0.2) is 33.6 Å². The molecular weight excluding hydrogens is 294 g/mol. The lowest BCUT2D eigenvalue weighted by Crippen LogP contribution is -2.00. The van der Waals surface area contributed by atoms with Crippen LogP contribution in [0.2, 0.25) is 0 Å². The van der Waals surface area contributed by atoms with Crippen molar-refractivity contribution in [3.8, 4) is 34.6 Å². The Morgan fingerprint density at radius 2 is 1.74 bits per heavy atom. The summed E-state index contributed by atoms with van der Waals surface area (Å²) in [5, 5.41) is 13.9. The highest BCUT2D eigenvalue weighted by Gasteiger charge is 2.14. The number of phenolic OH excluding ortho intramolecular Hbond substituents is 1. The number of rotatable bonds is 5. The zero-order chi connectivity index (χ0) is 16.2. The summed E-state index contributed by atoms with van der Waals surface area (Å²) in [6.45, 7) is 2.37. The maximum Gasteiger partial charge on any atom is 0.336 e. The Hall–Kier alpha value is -3.02. The van der Waals surface area contributed by atoms with Gasteiger partial charge in [-0.15, -0.1) is 5.10 Å². The van der Waals surface area contributed by atoms with Gasteiger partial charge in [-0.2, -0.15) is 4.98 Å². The van der Waals surface area contributed by atoms with Crippen molar-refractivity contribution in [1.82, 2.24) is 14.8 Å². The molecule has 0 atom stereocenters. The number of benzene rings is 2. The lowest BCUT2D eigenvalue weighted by atomic mass is 10.2. The molecule has 6 nitrogen and oxygen atoms in total. The summed E-state index contributed by atoms with van der Waals surface area (Å²) in [6.07, 6.45) is 0. The highest BCUT2D eigenvalue weighted by atomic mass is 16.5. The number of phenols is 1. The molecule has 0 fully saturated rings. The van der Waals surface area contributed by atoms with Crippen LogP contribution in [0, 0.1) is 0 Å². The first-order valence-electron chi connectivity index (χ1n) is 7.25. The van der Waals surface area contributed by atoms with Gasteiger partial charge in [0.15, 0.2) is 5.82 Å². The fourth-order valence-corrected chi connectivity index (χ4v) is 2.18. The summed E-state index contributed by atoms with van der Waals surface area (Å²) in [5.74, 6) is 1.61. The minimum absolute atomic E-state index is 0.203. The zero-order valence-electron chi connectivity index (χ0n) is 12.9. The van der Waals surface area contributed by atoms with Crippen LogP contribution in [0.4, 0.5) is 0 Å². The predicted molar refractivity (Wildman–Crippen MR) is 86.2 cm³/mol. The van der Waals surface area contributed by atoms with Crippen molar-refractivity contribution in [3.63, 3.8) is 0 Å². The highest BCUT2D eigenvalue weighted by molar-refractivity contribution is 5.59. The SMILES string of the molecule is CCOc1nc(-c2ccc(O)cc2)n(-c2ccc(OC)cc2)n1. The van der Waals surface area contributed by atoms with Gasteiger partial charge in [-0.3, -0.25) is 0 Å². The van der Waals surface area contributed by atoms with Crippen LogP contribution in [0.25, 0.3) is 17.1 Å². The third-order valence-electron chi connectivity index (χ3n) is 3.30. The largest absolute Gasteiger partial charge is 0.508 e. The molecule has 3 rings (SSSR count). The van der Waals surface area contributed by atoms with E-state index in [1.807, 2.05) is 31.2 Å². The monoisotopic (exact) mass is 311 g/mol. The topological polar surface area (TPSA) is 69.4 Å². The van der Waals surface area contributed by atoms with Crippen LogP contribution in [0.5, 0.6) is 17.5 Å². The summed E-state index contributed by atoms with van der Waals surface area (Å²) in [5.41, 5.74) is 1.67. The Bertz CT molecular complexity index is 780. The van der Waals surface area contributed by atoms with Crippen molar-refractivity contribution in [2.24, 2.45) is 0 Å². The third-order valence-corrected chi connectivity index (χ3v) is 3.30. The number of methoxy groups -OCH3 is 1. The molecule has 1 heterocycles. The normalized spacial score (nSPS) is 10.5. The van der Waals surface area contributed by atoms with Gasteiger partial charge in [0.2, 0.25) is 0 Å². The number of nitrogens with zero attached hydrogens (tertiary/aromatic N) is 3. The first-order chi connectivity index (χ1) is 11.2. The number of hydrogen-bond acceptors (Lipinski definition) is 5. The van der Waals surface area contributed by atoms with Gasteiger partial charge < -0.3 is 14.6 Å². The molecule has 1 aromatic heterocycles. The van der Waals surface area contributed by atoms with E-state index < -0.39 is 0 Å². The summed E-state index contributed by atoms with van der Waals surface area (Å²) in [7, 11) is 1.62. The van der Waals surface area contributed by atoms with Gasteiger partial charge in [0.25, 0.3) is 0 Å². The molecule has 6 heteroatoms. The van der Waals surface area contributed by atoms with Crippen molar-refractivity contribution in [2.45, 2.75) is 6.92 Å². The van der Waals surface area contributed by atoms with Gasteiger partial charge in [0.05, 0.1) is 19.4 Å². The second-order valence-corrected chi connectivity index (χ2v) is 4.81. The van der Waals surface area contributed by atoms with Crippen LogP contribution < -0.4 is 9.47 Å². The smallest absolute Gasteiger partial charge is 0.336 e. The van der Waals surface area contributed by atoms with E-state index in [4.69, 9.17) is 9.47 Å². The van der Waals surface area contributed by atoms with E-state index >= 15 is 0 Å². The second kappa shape index (κ2) is 6.39. The van der Waals surface area contributed by atoms with Crippen LogP contribution in [0.1, 0.15) is 6.92 Å². The molecule has 0 saturated heterocycles. The summed E-state index contributed by atoms with van der Waals surface area (Å²) < 4.78 is 12.3. The Balaban J connectivity index is 2.08. The quantitative estimate of drug-likeness (QED) is 0.784. The van der Waals surface area contributed by atoms with Crippen molar-refractivity contribution >= 4 is 0 Å². The zero-order valence-corrected chi connectivity index (χ0v) is 12.9. The van der Waals surface area contributed by atoms with Crippen LogP contribution in [0.3, 0.4) is 0 Å². The van der Waals surface area contributed by atoms with Gasteiger partial charge in [-0.1, -0.05) is 0 Å². The number of hydrogen-bond donors (Lipinski definition) is 1.